The zero-order chi connectivity index (χ0) is 30.4. The van der Waals surface area contributed by atoms with Gasteiger partial charge in [-0.3, -0.25) is 9.59 Å². The van der Waals surface area contributed by atoms with E-state index >= 15 is 0 Å². The predicted molar refractivity (Wildman–Crippen MR) is 159 cm³/mol. The van der Waals surface area contributed by atoms with E-state index in [9.17, 15) is 14.4 Å². The lowest BCUT2D eigenvalue weighted by Gasteiger charge is -2.36. The van der Waals surface area contributed by atoms with E-state index in [2.05, 4.69) is 24.4 Å². The van der Waals surface area contributed by atoms with Crippen molar-refractivity contribution in [3.63, 3.8) is 0 Å². The maximum atomic E-state index is 12.6. The molecule has 2 fully saturated rings. The van der Waals surface area contributed by atoms with E-state index in [1.165, 1.54) is 12.7 Å². The van der Waals surface area contributed by atoms with Gasteiger partial charge in [-0.1, -0.05) is 44.2 Å². The minimum Gasteiger partial charge on any atom is -0.381 e. The van der Waals surface area contributed by atoms with Crippen molar-refractivity contribution in [3.8, 4) is 0 Å². The van der Waals surface area contributed by atoms with Crippen LogP contribution in [0.1, 0.15) is 72.0 Å². The Bertz CT molecular complexity index is 922. The van der Waals surface area contributed by atoms with Gasteiger partial charge in [0.2, 0.25) is 11.8 Å². The van der Waals surface area contributed by atoms with Crippen LogP contribution in [0.25, 0.3) is 0 Å². The summed E-state index contributed by atoms with van der Waals surface area (Å²) in [6.07, 6.45) is 3.82. The van der Waals surface area contributed by atoms with Gasteiger partial charge in [-0.25, -0.2) is 4.79 Å². The van der Waals surface area contributed by atoms with Crippen molar-refractivity contribution >= 4 is 17.8 Å². The third-order valence-electron chi connectivity index (χ3n) is 7.71. The minimum atomic E-state index is -0.752. The molecule has 2 heterocycles. The molecule has 2 aliphatic rings. The van der Waals surface area contributed by atoms with Gasteiger partial charge in [0.25, 0.3) is 0 Å². The Morgan fingerprint density at radius 1 is 0.976 bits per heavy atom. The standard InChI is InChI=1S/C17H25NO2.C14H27N3O4/c1-13(2)17(19)18-11-9-16(10-12-18)20-14(3)15-7-5-4-6-8-15;1-4-21-9-11-6-5-7-17(8-11)13(18)12(10(2)20-3)16-14(15)19/h4-8,13-14,16H,9-12H2,1-3H3;10-12H,4-9H2,1-3H3,(H3,15,16,19). The molecule has 4 atom stereocenters. The Morgan fingerprint density at radius 2 is 1.63 bits per heavy atom. The molecule has 4 amide bonds. The third-order valence-corrected chi connectivity index (χ3v) is 7.71. The van der Waals surface area contributed by atoms with E-state index in [0.717, 1.165) is 38.8 Å². The molecule has 3 N–H and O–H groups in total. The summed E-state index contributed by atoms with van der Waals surface area (Å²) in [6, 6.07) is 8.83. The van der Waals surface area contributed by atoms with Gasteiger partial charge in [0, 0.05) is 45.8 Å². The van der Waals surface area contributed by atoms with E-state index in [-0.39, 0.29) is 29.9 Å². The Morgan fingerprint density at radius 3 is 2.20 bits per heavy atom. The lowest BCUT2D eigenvalue weighted by molar-refractivity contribution is -0.139. The van der Waals surface area contributed by atoms with Crippen LogP contribution in [0.15, 0.2) is 30.3 Å². The van der Waals surface area contributed by atoms with Crippen LogP contribution in [-0.4, -0.2) is 92.4 Å². The molecule has 0 radical (unpaired) electrons. The van der Waals surface area contributed by atoms with Gasteiger partial charge in [0.15, 0.2) is 0 Å². The Hall–Kier alpha value is -2.69. The van der Waals surface area contributed by atoms with Gasteiger partial charge < -0.3 is 35.1 Å². The number of benzene rings is 1. The topological polar surface area (TPSA) is 123 Å². The highest BCUT2D eigenvalue weighted by Gasteiger charge is 2.33. The van der Waals surface area contributed by atoms with Gasteiger partial charge in [-0.15, -0.1) is 0 Å². The molecule has 1 aromatic rings. The Labute approximate surface area is 246 Å². The lowest BCUT2D eigenvalue weighted by Crippen LogP contribution is -2.57. The number of nitrogens with zero attached hydrogens (tertiary/aromatic N) is 2. The van der Waals surface area contributed by atoms with Crippen LogP contribution in [0.3, 0.4) is 0 Å². The fourth-order valence-corrected chi connectivity index (χ4v) is 5.22. The monoisotopic (exact) mass is 576 g/mol. The highest BCUT2D eigenvalue weighted by atomic mass is 16.5. The number of nitrogens with two attached hydrogens (primary N) is 1. The second kappa shape index (κ2) is 18.0. The van der Waals surface area contributed by atoms with Crippen molar-refractivity contribution in [1.29, 1.82) is 0 Å². The average Bonchev–Trinajstić information content (AvgIpc) is 2.98. The Balaban J connectivity index is 0.000000287. The molecular formula is C31H52N4O6. The van der Waals surface area contributed by atoms with Crippen LogP contribution in [0.2, 0.25) is 0 Å². The van der Waals surface area contributed by atoms with Crippen LogP contribution in [0, 0.1) is 11.8 Å². The van der Waals surface area contributed by atoms with Crippen LogP contribution in [-0.2, 0) is 23.8 Å². The largest absolute Gasteiger partial charge is 0.381 e. The third kappa shape index (κ3) is 11.6. The number of methoxy groups -OCH3 is 1. The number of rotatable bonds is 11. The van der Waals surface area contributed by atoms with Crippen molar-refractivity contribution in [2.75, 3.05) is 46.5 Å². The van der Waals surface area contributed by atoms with E-state index in [1.807, 2.05) is 43.9 Å². The number of carbonyl (C=O) groups is 3. The average molecular weight is 577 g/mol. The summed E-state index contributed by atoms with van der Waals surface area (Å²) in [4.78, 5) is 39.3. The van der Waals surface area contributed by atoms with Gasteiger partial charge in [-0.2, -0.15) is 0 Å². The van der Waals surface area contributed by atoms with Gasteiger partial charge in [0.1, 0.15) is 6.04 Å². The zero-order valence-corrected chi connectivity index (χ0v) is 25.8. The molecular weight excluding hydrogens is 524 g/mol. The zero-order valence-electron chi connectivity index (χ0n) is 25.8. The first-order valence-electron chi connectivity index (χ1n) is 15.0. The van der Waals surface area contributed by atoms with E-state index in [0.29, 0.717) is 32.2 Å². The molecule has 2 saturated heterocycles. The molecule has 0 aromatic heterocycles. The molecule has 0 bridgehead atoms. The number of urea groups is 1. The number of likely N-dealkylation sites (tertiary alicyclic amines) is 2. The van der Waals surface area contributed by atoms with Crippen LogP contribution in [0.4, 0.5) is 4.79 Å². The van der Waals surface area contributed by atoms with Crippen LogP contribution in [0.5, 0.6) is 0 Å². The smallest absolute Gasteiger partial charge is 0.312 e. The molecule has 0 saturated carbocycles. The molecule has 2 aliphatic heterocycles. The minimum absolute atomic E-state index is 0.0933. The van der Waals surface area contributed by atoms with Crippen LogP contribution < -0.4 is 11.1 Å². The van der Waals surface area contributed by atoms with Gasteiger partial charge in [0.05, 0.1) is 24.9 Å². The van der Waals surface area contributed by atoms with Crippen LogP contribution >= 0.6 is 0 Å². The number of carbonyl (C=O) groups excluding carboxylic acids is 3. The summed E-state index contributed by atoms with van der Waals surface area (Å²) >= 11 is 0. The number of nitrogens with one attached hydrogen (secondary N) is 1. The summed E-state index contributed by atoms with van der Waals surface area (Å²) in [5.41, 5.74) is 6.37. The van der Waals surface area contributed by atoms with Gasteiger partial charge in [-0.05, 0) is 57.9 Å². The van der Waals surface area contributed by atoms with E-state index in [4.69, 9.17) is 19.9 Å². The van der Waals surface area contributed by atoms with Crippen molar-refractivity contribution in [3.05, 3.63) is 35.9 Å². The number of ether oxygens (including phenoxy) is 3. The summed E-state index contributed by atoms with van der Waals surface area (Å²) in [5, 5.41) is 2.48. The lowest BCUT2D eigenvalue weighted by atomic mass is 9.97. The summed E-state index contributed by atoms with van der Waals surface area (Å²) < 4.78 is 16.7. The summed E-state index contributed by atoms with van der Waals surface area (Å²) in [7, 11) is 1.50. The Kier molecular flexibility index (Phi) is 15.1. The maximum Gasteiger partial charge on any atom is 0.312 e. The first-order valence-corrected chi connectivity index (χ1v) is 15.0. The molecule has 10 nitrogen and oxygen atoms in total. The van der Waals surface area contributed by atoms with Crippen molar-refractivity contribution in [2.24, 2.45) is 17.6 Å². The summed E-state index contributed by atoms with van der Waals surface area (Å²) in [6.45, 7) is 14.0. The normalized spacial score (nSPS) is 20.0. The number of hydrogen-bond acceptors (Lipinski definition) is 6. The molecule has 0 aliphatic carbocycles. The molecule has 41 heavy (non-hydrogen) atoms. The number of piperidine rings is 2. The molecule has 4 unspecified atom stereocenters. The first-order chi connectivity index (χ1) is 19.6. The second-order valence-corrected chi connectivity index (χ2v) is 11.2. The number of amides is 4. The van der Waals surface area contributed by atoms with Crippen molar-refractivity contribution in [1.82, 2.24) is 15.1 Å². The van der Waals surface area contributed by atoms with E-state index < -0.39 is 18.2 Å². The first kappa shape index (κ1) is 34.5. The quantitative estimate of drug-likeness (QED) is 0.414. The molecule has 232 valence electrons. The van der Waals surface area contributed by atoms with Crippen molar-refractivity contribution in [2.45, 2.75) is 84.7 Å². The fraction of sp³-hybridized carbons (Fsp3) is 0.710. The molecule has 10 heteroatoms. The second-order valence-electron chi connectivity index (χ2n) is 11.2. The van der Waals surface area contributed by atoms with Crippen molar-refractivity contribution < 1.29 is 28.6 Å². The molecule has 3 rings (SSSR count). The predicted octanol–water partition coefficient (Wildman–Crippen LogP) is 3.74. The van der Waals surface area contributed by atoms with E-state index in [1.54, 1.807) is 11.8 Å². The molecule has 1 aromatic carbocycles. The number of primary amides is 1. The maximum absolute atomic E-state index is 12.6. The molecule has 0 spiro atoms. The SMILES string of the molecule is CC(C)C(=O)N1CCC(OC(C)c2ccccc2)CC1.CCOCC1CCCN(C(=O)C(NC(N)=O)C(C)OC)C1. The highest BCUT2D eigenvalue weighted by molar-refractivity contribution is 5.87. The highest BCUT2D eigenvalue weighted by Crippen LogP contribution is 2.24. The van der Waals surface area contributed by atoms with Gasteiger partial charge >= 0.3 is 6.03 Å². The summed E-state index contributed by atoms with van der Waals surface area (Å²) in [5.74, 6) is 0.550. The number of hydrogen-bond donors (Lipinski definition) is 2. The fourth-order valence-electron chi connectivity index (χ4n) is 5.22.